The molecule has 1 heterocycles. The van der Waals surface area contributed by atoms with E-state index in [1.807, 2.05) is 17.7 Å². The van der Waals surface area contributed by atoms with E-state index in [4.69, 9.17) is 0 Å². The molecule has 1 N–H and O–H groups in total. The second-order valence-corrected chi connectivity index (χ2v) is 7.71. The van der Waals surface area contributed by atoms with Gasteiger partial charge in [0, 0.05) is 47.8 Å². The van der Waals surface area contributed by atoms with Crippen LogP contribution < -0.4 is 5.32 Å². The minimum atomic E-state index is -0.989. The van der Waals surface area contributed by atoms with E-state index in [1.54, 1.807) is 49.0 Å². The van der Waals surface area contributed by atoms with Gasteiger partial charge in [-0.15, -0.1) is 0 Å². The zero-order valence-corrected chi connectivity index (χ0v) is 15.9. The van der Waals surface area contributed by atoms with Gasteiger partial charge >= 0.3 is 0 Å². The summed E-state index contributed by atoms with van der Waals surface area (Å²) in [5.74, 6) is 0.405. The Morgan fingerprint density at radius 3 is 2.63 bits per heavy atom. The Labute approximate surface area is 159 Å². The number of carbonyl (C=O) groups excluding carboxylic acids is 1. The summed E-state index contributed by atoms with van der Waals surface area (Å²) in [6.45, 7) is 0. The summed E-state index contributed by atoms with van der Waals surface area (Å²) in [4.78, 5) is 17.2. The lowest BCUT2D eigenvalue weighted by molar-refractivity contribution is 0.0941. The van der Waals surface area contributed by atoms with Crippen LogP contribution in [-0.4, -0.2) is 25.9 Å². The molecule has 27 heavy (non-hydrogen) atoms. The van der Waals surface area contributed by atoms with E-state index in [2.05, 4.69) is 10.3 Å². The molecule has 2 atom stereocenters. The van der Waals surface area contributed by atoms with Crippen molar-refractivity contribution < 1.29 is 13.4 Å². The molecule has 0 fully saturated rings. The monoisotopic (exact) mass is 385 g/mol. The number of halogens is 1. The molecule has 0 aliphatic rings. The summed E-state index contributed by atoms with van der Waals surface area (Å²) >= 11 is 0. The molecule has 0 spiro atoms. The first kappa shape index (κ1) is 19.0. The van der Waals surface area contributed by atoms with Gasteiger partial charge in [-0.05, 0) is 35.4 Å². The van der Waals surface area contributed by atoms with Crippen LogP contribution in [-0.2, 0) is 23.6 Å². The highest BCUT2D eigenvalue weighted by Crippen LogP contribution is 2.21. The van der Waals surface area contributed by atoms with Gasteiger partial charge in [-0.1, -0.05) is 24.3 Å². The molecule has 1 amide bonds. The largest absolute Gasteiger partial charge is 0.338 e. The Bertz CT molecular complexity index is 969. The highest BCUT2D eigenvalue weighted by Gasteiger charge is 2.21. The number of benzene rings is 2. The van der Waals surface area contributed by atoms with E-state index in [0.717, 1.165) is 11.1 Å². The molecule has 0 saturated heterocycles. The van der Waals surface area contributed by atoms with Crippen LogP contribution >= 0.6 is 0 Å². The third kappa shape index (κ3) is 4.68. The predicted octanol–water partition coefficient (Wildman–Crippen LogP) is 2.96. The van der Waals surface area contributed by atoms with E-state index in [0.29, 0.717) is 17.1 Å². The van der Waals surface area contributed by atoms with Gasteiger partial charge in [0.2, 0.25) is 0 Å². The van der Waals surface area contributed by atoms with Crippen LogP contribution in [0.2, 0.25) is 0 Å². The van der Waals surface area contributed by atoms with Gasteiger partial charge < -0.3 is 9.88 Å². The van der Waals surface area contributed by atoms with Gasteiger partial charge in [-0.25, -0.2) is 9.37 Å². The molecule has 3 rings (SSSR count). The Hall–Kier alpha value is -2.80. The van der Waals surface area contributed by atoms with Gasteiger partial charge in [0.25, 0.3) is 5.91 Å². The lowest BCUT2D eigenvalue weighted by Gasteiger charge is -2.19. The molecule has 0 radical (unpaired) electrons. The standard InChI is InChI=1S/C20H20FN3O2S/c1-24-11-10-22-19(24)18(15-6-8-17(21)9-7-15)23-20(25)16-5-3-4-14(12-16)13-27(2)26/h3-12,18H,13H2,1-2H3,(H,23,25). The maximum absolute atomic E-state index is 13.3. The molecule has 5 nitrogen and oxygen atoms in total. The highest BCUT2D eigenvalue weighted by molar-refractivity contribution is 7.83. The van der Waals surface area contributed by atoms with Crippen molar-refractivity contribution in [2.45, 2.75) is 11.8 Å². The average Bonchev–Trinajstić information content (AvgIpc) is 3.06. The number of nitrogens with zero attached hydrogens (tertiary/aromatic N) is 2. The average molecular weight is 385 g/mol. The van der Waals surface area contributed by atoms with Crippen molar-refractivity contribution in [3.8, 4) is 0 Å². The van der Waals surface area contributed by atoms with Gasteiger partial charge in [-0.3, -0.25) is 9.00 Å². The summed E-state index contributed by atoms with van der Waals surface area (Å²) < 4.78 is 26.6. The topological polar surface area (TPSA) is 64.0 Å². The van der Waals surface area contributed by atoms with E-state index in [-0.39, 0.29) is 11.7 Å². The number of hydrogen-bond donors (Lipinski definition) is 1. The minimum Gasteiger partial charge on any atom is -0.338 e. The molecule has 140 valence electrons. The molecule has 0 aliphatic carbocycles. The molecule has 0 bridgehead atoms. The minimum absolute atomic E-state index is 0.281. The lowest BCUT2D eigenvalue weighted by Crippen LogP contribution is -2.31. The number of carbonyl (C=O) groups is 1. The number of nitrogens with one attached hydrogen (secondary N) is 1. The summed E-state index contributed by atoms with van der Waals surface area (Å²) in [5, 5.41) is 2.97. The Morgan fingerprint density at radius 2 is 2.00 bits per heavy atom. The molecular formula is C20H20FN3O2S. The smallest absolute Gasteiger partial charge is 0.252 e. The summed E-state index contributed by atoms with van der Waals surface area (Å²) in [7, 11) is 0.847. The first-order chi connectivity index (χ1) is 12.9. The van der Waals surface area contributed by atoms with Crippen LogP contribution in [0.25, 0.3) is 0 Å². The number of imidazole rings is 1. The van der Waals surface area contributed by atoms with E-state index < -0.39 is 16.8 Å². The van der Waals surface area contributed by atoms with Crippen molar-refractivity contribution in [1.82, 2.24) is 14.9 Å². The summed E-state index contributed by atoms with van der Waals surface area (Å²) in [6, 6.07) is 12.5. The van der Waals surface area contributed by atoms with Crippen LogP contribution in [0.1, 0.15) is 33.4 Å². The van der Waals surface area contributed by atoms with Crippen molar-refractivity contribution in [3.05, 3.63) is 89.3 Å². The van der Waals surface area contributed by atoms with Gasteiger partial charge in [0.05, 0.1) is 0 Å². The Kier molecular flexibility index (Phi) is 5.81. The van der Waals surface area contributed by atoms with Gasteiger partial charge in [-0.2, -0.15) is 0 Å². The fourth-order valence-corrected chi connectivity index (χ4v) is 3.51. The molecule has 2 unspecified atom stereocenters. The van der Waals surface area contributed by atoms with Crippen molar-refractivity contribution in [2.75, 3.05) is 6.26 Å². The van der Waals surface area contributed by atoms with Crippen molar-refractivity contribution >= 4 is 16.7 Å². The van der Waals surface area contributed by atoms with E-state index >= 15 is 0 Å². The van der Waals surface area contributed by atoms with Crippen molar-refractivity contribution in [3.63, 3.8) is 0 Å². The van der Waals surface area contributed by atoms with Crippen LogP contribution in [0, 0.1) is 5.82 Å². The van der Waals surface area contributed by atoms with Crippen molar-refractivity contribution in [1.29, 1.82) is 0 Å². The number of aryl methyl sites for hydroxylation is 1. The van der Waals surface area contributed by atoms with Crippen LogP contribution in [0.3, 0.4) is 0 Å². The molecule has 3 aromatic rings. The lowest BCUT2D eigenvalue weighted by atomic mass is 10.0. The molecular weight excluding hydrogens is 365 g/mol. The Balaban J connectivity index is 1.90. The maximum atomic E-state index is 13.3. The maximum Gasteiger partial charge on any atom is 0.252 e. The zero-order chi connectivity index (χ0) is 19.4. The fraction of sp³-hybridized carbons (Fsp3) is 0.200. The molecule has 0 saturated carbocycles. The van der Waals surface area contributed by atoms with Gasteiger partial charge in [0.1, 0.15) is 17.7 Å². The highest BCUT2D eigenvalue weighted by atomic mass is 32.2. The molecule has 2 aromatic carbocycles. The SMILES string of the molecule is Cn1ccnc1C(NC(=O)c1cccc(CS(C)=O)c1)c1ccc(F)cc1. The van der Waals surface area contributed by atoms with E-state index in [1.165, 1.54) is 12.1 Å². The second kappa shape index (κ2) is 8.26. The molecule has 1 aromatic heterocycles. The Morgan fingerprint density at radius 1 is 1.26 bits per heavy atom. The molecule has 0 aliphatic heterocycles. The van der Waals surface area contributed by atoms with Crippen LogP contribution in [0.4, 0.5) is 4.39 Å². The van der Waals surface area contributed by atoms with Crippen LogP contribution in [0.15, 0.2) is 60.9 Å². The fourth-order valence-electron chi connectivity index (χ4n) is 2.86. The first-order valence-electron chi connectivity index (χ1n) is 8.36. The summed E-state index contributed by atoms with van der Waals surface area (Å²) in [6.07, 6.45) is 5.06. The van der Waals surface area contributed by atoms with Gasteiger partial charge in [0.15, 0.2) is 0 Å². The normalized spacial score (nSPS) is 13.1. The second-order valence-electron chi connectivity index (χ2n) is 6.27. The third-order valence-corrected chi connectivity index (χ3v) is 4.89. The number of amides is 1. The first-order valence-corrected chi connectivity index (χ1v) is 10.1. The zero-order valence-electron chi connectivity index (χ0n) is 15.1. The van der Waals surface area contributed by atoms with Crippen molar-refractivity contribution in [2.24, 2.45) is 7.05 Å². The van der Waals surface area contributed by atoms with Crippen LogP contribution in [0.5, 0.6) is 0 Å². The number of rotatable bonds is 6. The number of hydrogen-bond acceptors (Lipinski definition) is 3. The third-order valence-electron chi connectivity index (χ3n) is 4.15. The number of aromatic nitrogens is 2. The molecule has 7 heteroatoms. The quantitative estimate of drug-likeness (QED) is 0.710. The van der Waals surface area contributed by atoms with E-state index in [9.17, 15) is 13.4 Å². The summed E-state index contributed by atoms with van der Waals surface area (Å²) in [5.41, 5.74) is 2.03. The predicted molar refractivity (Wildman–Crippen MR) is 103 cm³/mol.